The van der Waals surface area contributed by atoms with Gasteiger partial charge in [0.25, 0.3) is 0 Å². The van der Waals surface area contributed by atoms with E-state index in [0.717, 1.165) is 19.4 Å². The number of piperidine rings is 1. The molecule has 1 unspecified atom stereocenters. The van der Waals surface area contributed by atoms with E-state index < -0.39 is 0 Å². The van der Waals surface area contributed by atoms with Crippen molar-refractivity contribution in [3.8, 4) is 11.5 Å². The summed E-state index contributed by atoms with van der Waals surface area (Å²) in [6.07, 6.45) is 7.51. The molecule has 0 radical (unpaired) electrons. The van der Waals surface area contributed by atoms with E-state index >= 15 is 0 Å². The molecule has 1 aliphatic rings. The Hall–Kier alpha value is -2.51. The lowest BCUT2D eigenvalue weighted by Crippen LogP contribution is -2.45. The van der Waals surface area contributed by atoms with E-state index in [1.54, 1.807) is 18.6 Å². The van der Waals surface area contributed by atoms with Crippen LogP contribution in [-0.4, -0.2) is 50.7 Å². The normalized spacial score (nSPS) is 18.0. The zero-order valence-electron chi connectivity index (χ0n) is 13.1. The van der Waals surface area contributed by atoms with Gasteiger partial charge in [-0.3, -0.25) is 4.98 Å². The molecule has 0 aliphatic carbocycles. The Morgan fingerprint density at radius 3 is 3.17 bits per heavy atom. The fraction of sp³-hybridized carbons (Fsp3) is 0.533. The van der Waals surface area contributed by atoms with Crippen molar-refractivity contribution < 1.29 is 9.32 Å². The minimum Gasteiger partial charge on any atom is -0.339 e. The van der Waals surface area contributed by atoms with E-state index in [2.05, 4.69) is 25.4 Å². The molecule has 2 aromatic rings. The van der Waals surface area contributed by atoms with Gasteiger partial charge >= 0.3 is 6.03 Å². The Morgan fingerprint density at radius 1 is 1.48 bits per heavy atom. The lowest BCUT2D eigenvalue weighted by Gasteiger charge is -2.32. The highest BCUT2D eigenvalue weighted by atomic mass is 16.5. The van der Waals surface area contributed by atoms with Crippen LogP contribution in [0, 0.1) is 5.92 Å². The molecule has 8 heteroatoms. The quantitative estimate of drug-likeness (QED) is 0.918. The highest BCUT2D eigenvalue weighted by molar-refractivity contribution is 5.74. The summed E-state index contributed by atoms with van der Waals surface area (Å²) in [5.74, 6) is 1.36. The standard InChI is InChI=1S/C15H20N6O2/c1-2-17-15(22)21-7-3-4-11(10-21)8-13-19-14(20-23-13)12-9-16-5-6-18-12/h5-6,9,11H,2-4,7-8,10H2,1H3,(H,17,22). The summed E-state index contributed by atoms with van der Waals surface area (Å²) in [6, 6.07) is 0.00276. The van der Waals surface area contributed by atoms with Crippen LogP contribution in [0.15, 0.2) is 23.1 Å². The van der Waals surface area contributed by atoms with E-state index in [1.165, 1.54) is 0 Å². The number of hydrogen-bond donors (Lipinski definition) is 1. The lowest BCUT2D eigenvalue weighted by atomic mass is 9.95. The molecule has 1 aliphatic heterocycles. The third-order valence-electron chi connectivity index (χ3n) is 3.86. The third-order valence-corrected chi connectivity index (χ3v) is 3.86. The minimum absolute atomic E-state index is 0.00276. The average molecular weight is 316 g/mol. The third kappa shape index (κ3) is 3.82. The highest BCUT2D eigenvalue weighted by Gasteiger charge is 2.25. The summed E-state index contributed by atoms with van der Waals surface area (Å²) in [5, 5.41) is 6.80. The van der Waals surface area contributed by atoms with Crippen molar-refractivity contribution in [1.82, 2.24) is 30.3 Å². The van der Waals surface area contributed by atoms with Crippen molar-refractivity contribution in [3.63, 3.8) is 0 Å². The molecule has 3 rings (SSSR count). The summed E-state index contributed by atoms with van der Waals surface area (Å²) in [7, 11) is 0. The van der Waals surface area contributed by atoms with E-state index in [9.17, 15) is 4.79 Å². The van der Waals surface area contributed by atoms with Crippen molar-refractivity contribution in [1.29, 1.82) is 0 Å². The Labute approximate surface area is 134 Å². The highest BCUT2D eigenvalue weighted by Crippen LogP contribution is 2.21. The first-order valence-electron chi connectivity index (χ1n) is 7.88. The fourth-order valence-corrected chi connectivity index (χ4v) is 2.78. The maximum absolute atomic E-state index is 11.9. The van der Waals surface area contributed by atoms with Gasteiger partial charge < -0.3 is 14.7 Å². The zero-order chi connectivity index (χ0) is 16.1. The van der Waals surface area contributed by atoms with Crippen molar-refractivity contribution in [2.45, 2.75) is 26.2 Å². The van der Waals surface area contributed by atoms with Crippen molar-refractivity contribution in [3.05, 3.63) is 24.5 Å². The van der Waals surface area contributed by atoms with Crippen molar-refractivity contribution in [2.75, 3.05) is 19.6 Å². The zero-order valence-corrected chi connectivity index (χ0v) is 13.1. The lowest BCUT2D eigenvalue weighted by molar-refractivity contribution is 0.162. The molecule has 1 N–H and O–H groups in total. The first-order chi connectivity index (χ1) is 11.3. The number of nitrogens with zero attached hydrogens (tertiary/aromatic N) is 5. The smallest absolute Gasteiger partial charge is 0.317 e. The second kappa shape index (κ2) is 7.17. The molecule has 122 valence electrons. The second-order valence-corrected chi connectivity index (χ2v) is 5.60. The number of hydrogen-bond acceptors (Lipinski definition) is 6. The van der Waals surface area contributed by atoms with Gasteiger partial charge in [-0.25, -0.2) is 9.78 Å². The second-order valence-electron chi connectivity index (χ2n) is 5.60. The summed E-state index contributed by atoms with van der Waals surface area (Å²) in [5.41, 5.74) is 0.593. The summed E-state index contributed by atoms with van der Waals surface area (Å²) < 4.78 is 5.32. The van der Waals surface area contributed by atoms with Crippen LogP contribution in [0.2, 0.25) is 0 Å². The molecular weight excluding hydrogens is 296 g/mol. The van der Waals surface area contributed by atoms with Crippen LogP contribution < -0.4 is 5.32 Å². The van der Waals surface area contributed by atoms with Gasteiger partial charge in [0, 0.05) is 38.4 Å². The van der Waals surface area contributed by atoms with Crippen LogP contribution in [0.25, 0.3) is 11.5 Å². The van der Waals surface area contributed by atoms with Gasteiger partial charge in [-0.15, -0.1) is 0 Å². The molecule has 8 nitrogen and oxygen atoms in total. The molecule has 0 spiro atoms. The van der Waals surface area contributed by atoms with Gasteiger partial charge in [0.2, 0.25) is 11.7 Å². The number of rotatable bonds is 4. The number of carbonyl (C=O) groups excluding carboxylic acids is 1. The topological polar surface area (TPSA) is 97.0 Å². The van der Waals surface area contributed by atoms with Crippen LogP contribution in [-0.2, 0) is 6.42 Å². The van der Waals surface area contributed by atoms with Crippen molar-refractivity contribution in [2.24, 2.45) is 5.92 Å². The molecule has 0 saturated carbocycles. The van der Waals surface area contributed by atoms with Gasteiger partial charge in [0.05, 0.1) is 6.20 Å². The number of nitrogens with one attached hydrogen (secondary N) is 1. The number of carbonyl (C=O) groups is 1. The van der Waals surface area contributed by atoms with E-state index in [1.807, 2.05) is 11.8 Å². The van der Waals surface area contributed by atoms with E-state index in [4.69, 9.17) is 4.52 Å². The molecule has 0 bridgehead atoms. The summed E-state index contributed by atoms with van der Waals surface area (Å²) >= 11 is 0. The van der Waals surface area contributed by atoms with E-state index in [-0.39, 0.29) is 6.03 Å². The van der Waals surface area contributed by atoms with Crippen LogP contribution in [0.1, 0.15) is 25.7 Å². The van der Waals surface area contributed by atoms with Gasteiger partial charge in [-0.1, -0.05) is 5.16 Å². The Kier molecular flexibility index (Phi) is 4.80. The number of amides is 2. The Morgan fingerprint density at radius 2 is 2.39 bits per heavy atom. The van der Waals surface area contributed by atoms with Gasteiger partial charge in [0.15, 0.2) is 0 Å². The number of aromatic nitrogens is 4. The molecule has 2 aromatic heterocycles. The molecule has 1 fully saturated rings. The first-order valence-corrected chi connectivity index (χ1v) is 7.88. The average Bonchev–Trinajstić information content (AvgIpc) is 3.05. The van der Waals surface area contributed by atoms with Crippen molar-refractivity contribution >= 4 is 6.03 Å². The van der Waals surface area contributed by atoms with Crippen LogP contribution in [0.4, 0.5) is 4.79 Å². The van der Waals surface area contributed by atoms with E-state index in [0.29, 0.717) is 42.8 Å². The minimum atomic E-state index is 0.00276. The molecular formula is C15H20N6O2. The SMILES string of the molecule is CCNC(=O)N1CCCC(Cc2nc(-c3cnccn3)no2)C1. The monoisotopic (exact) mass is 316 g/mol. The molecule has 2 amide bonds. The maximum Gasteiger partial charge on any atom is 0.317 e. The number of likely N-dealkylation sites (tertiary alicyclic amines) is 1. The molecule has 23 heavy (non-hydrogen) atoms. The maximum atomic E-state index is 11.9. The van der Waals surface area contributed by atoms with Gasteiger partial charge in [0.1, 0.15) is 5.69 Å². The predicted molar refractivity (Wildman–Crippen MR) is 82.4 cm³/mol. The molecule has 0 aromatic carbocycles. The fourth-order valence-electron chi connectivity index (χ4n) is 2.78. The van der Waals surface area contributed by atoms with Gasteiger partial charge in [-0.05, 0) is 25.7 Å². The molecule has 1 atom stereocenters. The summed E-state index contributed by atoms with van der Waals surface area (Å²) in [4.78, 5) is 26.3. The molecule has 3 heterocycles. The van der Waals surface area contributed by atoms with Crippen LogP contribution >= 0.6 is 0 Å². The largest absolute Gasteiger partial charge is 0.339 e. The first kappa shape index (κ1) is 15.4. The Bertz CT molecular complexity index is 644. The Balaban J connectivity index is 1.61. The number of urea groups is 1. The summed E-state index contributed by atoms with van der Waals surface area (Å²) in [6.45, 7) is 4.09. The van der Waals surface area contributed by atoms with Gasteiger partial charge in [-0.2, -0.15) is 4.98 Å². The van der Waals surface area contributed by atoms with Crippen LogP contribution in [0.3, 0.4) is 0 Å². The molecule has 1 saturated heterocycles. The van der Waals surface area contributed by atoms with Crippen LogP contribution in [0.5, 0.6) is 0 Å². The predicted octanol–water partition coefficient (Wildman–Crippen LogP) is 1.51.